The Kier molecular flexibility index (Phi) is 4.93. The second kappa shape index (κ2) is 7.34. The van der Waals surface area contributed by atoms with Crippen LogP contribution in [-0.2, 0) is 21.3 Å². The first-order valence-corrected chi connectivity index (χ1v) is 13.8. The minimum atomic E-state index is -5.77. The van der Waals surface area contributed by atoms with E-state index in [1.54, 1.807) is 12.1 Å². The highest BCUT2D eigenvalue weighted by atomic mass is 32.2. The molecule has 5 nitrogen and oxygen atoms in total. The van der Waals surface area contributed by atoms with Gasteiger partial charge in [0.1, 0.15) is 5.75 Å². The van der Waals surface area contributed by atoms with Crippen LogP contribution in [0.4, 0.5) is 13.2 Å². The molecule has 3 saturated carbocycles. The van der Waals surface area contributed by atoms with Crippen molar-refractivity contribution in [2.45, 2.75) is 75.8 Å². The Balaban J connectivity index is 1.48. The van der Waals surface area contributed by atoms with E-state index in [4.69, 9.17) is 0 Å². The fourth-order valence-corrected chi connectivity index (χ4v) is 9.24. The predicted molar refractivity (Wildman–Crippen MR) is 121 cm³/mol. The van der Waals surface area contributed by atoms with Crippen LogP contribution in [0.25, 0.3) is 0 Å². The van der Waals surface area contributed by atoms with E-state index in [9.17, 15) is 31.5 Å². The Labute approximate surface area is 202 Å². The smallest absolute Gasteiger partial charge is 0.393 e. The number of alkyl halides is 3. The van der Waals surface area contributed by atoms with Crippen molar-refractivity contribution in [2.24, 2.45) is 28.6 Å². The Morgan fingerprint density at radius 3 is 2.66 bits per heavy atom. The minimum Gasteiger partial charge on any atom is -0.393 e. The molecule has 0 saturated heterocycles. The summed E-state index contributed by atoms with van der Waals surface area (Å²) in [4.78, 5) is 12.4. The van der Waals surface area contributed by atoms with Gasteiger partial charge in [0.15, 0.2) is 5.78 Å². The van der Waals surface area contributed by atoms with E-state index >= 15 is 0 Å². The van der Waals surface area contributed by atoms with Gasteiger partial charge in [-0.3, -0.25) is 4.79 Å². The summed E-state index contributed by atoms with van der Waals surface area (Å²) in [7, 11) is -5.77. The molecule has 5 aliphatic rings. The van der Waals surface area contributed by atoms with Gasteiger partial charge >= 0.3 is 15.6 Å². The van der Waals surface area contributed by atoms with E-state index in [0.717, 1.165) is 48.8 Å². The maximum atomic E-state index is 12.9. The van der Waals surface area contributed by atoms with Crippen LogP contribution in [0.5, 0.6) is 5.75 Å². The third-order valence-electron chi connectivity index (χ3n) is 10.1. The maximum Gasteiger partial charge on any atom is 0.534 e. The number of ketones is 1. The number of carbonyl (C=O) groups excluding carboxylic acids is 1. The first-order valence-electron chi connectivity index (χ1n) is 12.4. The van der Waals surface area contributed by atoms with Crippen molar-refractivity contribution in [2.75, 3.05) is 0 Å². The summed E-state index contributed by atoms with van der Waals surface area (Å²) in [6, 6.07) is 4.49. The molecule has 6 rings (SSSR count). The molecule has 9 heteroatoms. The van der Waals surface area contributed by atoms with Crippen molar-refractivity contribution in [3.63, 3.8) is 0 Å². The van der Waals surface area contributed by atoms with E-state index in [1.165, 1.54) is 12.1 Å². The zero-order valence-electron chi connectivity index (χ0n) is 19.5. The van der Waals surface area contributed by atoms with Crippen molar-refractivity contribution in [1.82, 2.24) is 0 Å². The zero-order chi connectivity index (χ0) is 25.0. The van der Waals surface area contributed by atoms with Crippen LogP contribution >= 0.6 is 0 Å². The lowest BCUT2D eigenvalue weighted by Gasteiger charge is -2.64. The fourth-order valence-electron chi connectivity index (χ4n) is 8.79. The Morgan fingerprint density at radius 2 is 1.91 bits per heavy atom. The van der Waals surface area contributed by atoms with Gasteiger partial charge in [-0.1, -0.05) is 18.6 Å². The summed E-state index contributed by atoms with van der Waals surface area (Å²) in [5.41, 5.74) is -3.06. The SMILES string of the molecule is C[C@]12C[C@@H]3c4ccc(OS(=O)(=O)C(F)(F)F)cc4C[C@]45CCC(=O)C=C4CC[C@H]([C@H]35)[C@@H]1CC[C@@H]2O. The number of fused-ring (bicyclic) bond motifs is 4. The Bertz CT molecular complexity index is 1240. The Morgan fingerprint density at radius 1 is 1.14 bits per heavy atom. The molecule has 0 aliphatic heterocycles. The van der Waals surface area contributed by atoms with Gasteiger partial charge < -0.3 is 9.29 Å². The number of benzene rings is 1. The number of halogens is 3. The average Bonchev–Trinajstić information content (AvgIpc) is 3.07. The van der Waals surface area contributed by atoms with E-state index < -0.39 is 15.6 Å². The highest BCUT2D eigenvalue weighted by molar-refractivity contribution is 7.88. The number of hydrogen-bond donors (Lipinski definition) is 1. The lowest BCUT2D eigenvalue weighted by atomic mass is 9.40. The topological polar surface area (TPSA) is 80.7 Å². The second-order valence-corrected chi connectivity index (χ2v) is 13.1. The van der Waals surface area contributed by atoms with Crippen LogP contribution in [-0.4, -0.2) is 30.9 Å². The number of rotatable bonds is 2. The molecule has 0 heterocycles. The van der Waals surface area contributed by atoms with Crippen LogP contribution in [0.1, 0.15) is 68.9 Å². The van der Waals surface area contributed by atoms with Crippen molar-refractivity contribution in [1.29, 1.82) is 0 Å². The molecular weight excluding hydrogens is 481 g/mol. The molecule has 0 amide bonds. The molecule has 3 fully saturated rings. The molecule has 0 bridgehead atoms. The van der Waals surface area contributed by atoms with Crippen molar-refractivity contribution < 1.29 is 35.7 Å². The Hall–Kier alpha value is -1.87. The summed E-state index contributed by atoms with van der Waals surface area (Å²) in [5.74, 6) is 0.991. The third kappa shape index (κ3) is 3.22. The predicted octanol–water partition coefficient (Wildman–Crippen LogP) is 5.04. The molecule has 1 aromatic rings. The monoisotopic (exact) mass is 510 g/mol. The molecular formula is C26H29F3O5S. The van der Waals surface area contributed by atoms with Gasteiger partial charge in [-0.25, -0.2) is 0 Å². The highest BCUT2D eigenvalue weighted by Gasteiger charge is 2.64. The van der Waals surface area contributed by atoms with E-state index in [-0.39, 0.29) is 34.4 Å². The molecule has 0 unspecified atom stereocenters. The van der Waals surface area contributed by atoms with Crippen LogP contribution in [0, 0.1) is 28.6 Å². The lowest BCUT2D eigenvalue weighted by molar-refractivity contribution is -0.120. The van der Waals surface area contributed by atoms with Gasteiger partial charge in [0.25, 0.3) is 0 Å². The van der Waals surface area contributed by atoms with Crippen molar-refractivity contribution in [3.8, 4) is 5.75 Å². The number of carbonyl (C=O) groups is 1. The quantitative estimate of drug-likeness (QED) is 0.446. The zero-order valence-corrected chi connectivity index (χ0v) is 20.3. The molecule has 0 aromatic heterocycles. The highest BCUT2D eigenvalue weighted by Crippen LogP contribution is 2.71. The van der Waals surface area contributed by atoms with Gasteiger partial charge in [-0.15, -0.1) is 0 Å². The molecule has 5 aliphatic carbocycles. The third-order valence-corrected chi connectivity index (χ3v) is 11.1. The number of aliphatic hydroxyl groups is 1. The van der Waals surface area contributed by atoms with Crippen LogP contribution in [0.15, 0.2) is 29.8 Å². The molecule has 1 N–H and O–H groups in total. The average molecular weight is 511 g/mol. The van der Waals surface area contributed by atoms with Crippen LogP contribution in [0.2, 0.25) is 0 Å². The standard InChI is InChI=1S/C26H29F3O5S/c1-24-13-20-18-5-3-17(34-35(32,33)26(27,28)29)10-14(18)12-25-9-8-16(30)11-15(25)2-4-19(23(20)25)21(24)6-7-22(24)31/h3,5,10-11,19-23,31H,2,4,6-9,12-13H2,1H3/t19-,20+,21-,22-,23+,24-,25+/m0/s1. The van der Waals surface area contributed by atoms with E-state index in [0.29, 0.717) is 37.0 Å². The molecule has 35 heavy (non-hydrogen) atoms. The summed E-state index contributed by atoms with van der Waals surface area (Å²) < 4.78 is 66.5. The molecule has 7 atom stereocenters. The number of allylic oxidation sites excluding steroid dienone is 1. The van der Waals surface area contributed by atoms with Gasteiger partial charge in [0.05, 0.1) is 6.10 Å². The van der Waals surface area contributed by atoms with Gasteiger partial charge in [-0.05, 0) is 109 Å². The van der Waals surface area contributed by atoms with Gasteiger partial charge in [0, 0.05) is 6.42 Å². The molecule has 1 spiro atoms. The van der Waals surface area contributed by atoms with Crippen LogP contribution in [0.3, 0.4) is 0 Å². The van der Waals surface area contributed by atoms with Gasteiger partial charge in [-0.2, -0.15) is 21.6 Å². The first-order chi connectivity index (χ1) is 16.4. The molecule has 1 aromatic carbocycles. The van der Waals surface area contributed by atoms with E-state index in [2.05, 4.69) is 11.1 Å². The van der Waals surface area contributed by atoms with Gasteiger partial charge in [0.2, 0.25) is 0 Å². The molecule has 0 radical (unpaired) electrons. The summed E-state index contributed by atoms with van der Waals surface area (Å²) >= 11 is 0. The normalized spacial score (nSPS) is 40.2. The summed E-state index contributed by atoms with van der Waals surface area (Å²) in [5, 5.41) is 11.0. The van der Waals surface area contributed by atoms with Crippen molar-refractivity contribution >= 4 is 15.9 Å². The molecule has 190 valence electrons. The summed E-state index contributed by atoms with van der Waals surface area (Å²) in [6.45, 7) is 2.18. The largest absolute Gasteiger partial charge is 0.534 e. The number of aliphatic hydroxyl groups excluding tert-OH is 1. The van der Waals surface area contributed by atoms with E-state index in [1.807, 2.05) is 0 Å². The number of hydrogen-bond acceptors (Lipinski definition) is 5. The second-order valence-electron chi connectivity index (χ2n) is 11.6. The summed E-state index contributed by atoms with van der Waals surface area (Å²) in [6.07, 6.45) is 7.46. The fraction of sp³-hybridized carbons (Fsp3) is 0.654. The minimum absolute atomic E-state index is 0.0860. The maximum absolute atomic E-state index is 12.9. The first kappa shape index (κ1) is 23.5. The lowest BCUT2D eigenvalue weighted by Crippen LogP contribution is -2.57. The van der Waals surface area contributed by atoms with Crippen LogP contribution < -0.4 is 4.18 Å². The van der Waals surface area contributed by atoms with Crippen molar-refractivity contribution in [3.05, 3.63) is 41.0 Å².